The average Bonchev–Trinajstić information content (AvgIpc) is 3.05. The maximum Gasteiger partial charge on any atom is 0.407 e. The molecule has 0 radical (unpaired) electrons. The van der Waals surface area contributed by atoms with Crippen LogP contribution in [0, 0.1) is 6.92 Å². The van der Waals surface area contributed by atoms with Crippen LogP contribution in [0.1, 0.15) is 28.7 Å². The molecule has 0 aliphatic carbocycles. The van der Waals surface area contributed by atoms with E-state index in [4.69, 9.17) is 27.4 Å². The Kier molecular flexibility index (Phi) is 6.56. The number of thioether (sulfide) groups is 1. The molecule has 1 heterocycles. The highest BCUT2D eigenvalue weighted by Gasteiger charge is 2.58. The van der Waals surface area contributed by atoms with Crippen molar-refractivity contribution < 1.29 is 25.8 Å². The lowest BCUT2D eigenvalue weighted by atomic mass is 9.88. The zero-order chi connectivity index (χ0) is 22.3. The number of alkyl halides is 3. The van der Waals surface area contributed by atoms with E-state index in [-0.39, 0.29) is 28.6 Å². The Balaban J connectivity index is 1.92. The molecule has 1 unspecified atom stereocenters. The SMILES string of the molecule is Cc1cc(C2=CSC(c3cc(Cl)cc(Cl)c3)(C(F)(F)F)C2)ccc1COS(C)(=O)=O. The van der Waals surface area contributed by atoms with Gasteiger partial charge in [0.25, 0.3) is 10.1 Å². The molecule has 1 aliphatic rings. The van der Waals surface area contributed by atoms with Crippen LogP contribution in [0.5, 0.6) is 0 Å². The Morgan fingerprint density at radius 3 is 2.30 bits per heavy atom. The monoisotopic (exact) mass is 496 g/mol. The third-order valence-electron chi connectivity index (χ3n) is 4.77. The van der Waals surface area contributed by atoms with E-state index in [1.165, 1.54) is 23.6 Å². The van der Waals surface area contributed by atoms with E-state index in [2.05, 4.69) is 0 Å². The van der Waals surface area contributed by atoms with Crippen LogP contribution in [0.3, 0.4) is 0 Å². The first-order valence-corrected chi connectivity index (χ1v) is 12.1. The van der Waals surface area contributed by atoms with Crippen molar-refractivity contribution in [1.29, 1.82) is 0 Å². The van der Waals surface area contributed by atoms with E-state index in [0.717, 1.165) is 11.8 Å². The van der Waals surface area contributed by atoms with Gasteiger partial charge in [0.15, 0.2) is 0 Å². The second-order valence-electron chi connectivity index (χ2n) is 7.03. The maximum atomic E-state index is 14.2. The van der Waals surface area contributed by atoms with Gasteiger partial charge in [-0.2, -0.15) is 21.6 Å². The molecule has 0 bridgehead atoms. The third kappa shape index (κ3) is 4.99. The Morgan fingerprint density at radius 2 is 1.77 bits per heavy atom. The van der Waals surface area contributed by atoms with Crippen LogP contribution in [0.15, 0.2) is 41.8 Å². The zero-order valence-electron chi connectivity index (χ0n) is 15.9. The second kappa shape index (κ2) is 8.39. The summed E-state index contributed by atoms with van der Waals surface area (Å²) in [7, 11) is -3.60. The molecule has 1 atom stereocenters. The molecule has 2 aromatic rings. The van der Waals surface area contributed by atoms with Crippen molar-refractivity contribution >= 4 is 50.7 Å². The van der Waals surface area contributed by atoms with Gasteiger partial charge in [-0.1, -0.05) is 41.4 Å². The smallest absolute Gasteiger partial charge is 0.265 e. The molecule has 0 saturated carbocycles. The van der Waals surface area contributed by atoms with Crippen LogP contribution >= 0.6 is 35.0 Å². The fourth-order valence-corrected chi connectivity index (χ4v) is 5.27. The predicted molar refractivity (Wildman–Crippen MR) is 115 cm³/mol. The minimum Gasteiger partial charge on any atom is -0.265 e. The topological polar surface area (TPSA) is 43.4 Å². The van der Waals surface area contributed by atoms with Gasteiger partial charge in [0.2, 0.25) is 0 Å². The molecule has 10 heteroatoms. The van der Waals surface area contributed by atoms with Crippen molar-refractivity contribution in [2.45, 2.75) is 30.9 Å². The van der Waals surface area contributed by atoms with Gasteiger partial charge in [-0.25, -0.2) is 0 Å². The first-order chi connectivity index (χ1) is 13.8. The van der Waals surface area contributed by atoms with Gasteiger partial charge in [-0.3, -0.25) is 4.18 Å². The van der Waals surface area contributed by atoms with Gasteiger partial charge in [0.1, 0.15) is 4.75 Å². The molecule has 3 nitrogen and oxygen atoms in total. The molecule has 0 N–H and O–H groups in total. The molecular formula is C20H17Cl2F3O3S2. The summed E-state index contributed by atoms with van der Waals surface area (Å²) in [6, 6.07) is 9.03. The normalized spacial score (nSPS) is 19.8. The third-order valence-corrected chi connectivity index (χ3v) is 7.17. The van der Waals surface area contributed by atoms with E-state index in [1.807, 2.05) is 0 Å². The number of aryl methyl sites for hydroxylation is 1. The van der Waals surface area contributed by atoms with Gasteiger partial charge in [0, 0.05) is 16.5 Å². The Labute approximate surface area is 187 Å². The summed E-state index contributed by atoms with van der Waals surface area (Å²) in [6.45, 7) is 1.62. The van der Waals surface area contributed by atoms with Crippen molar-refractivity contribution in [1.82, 2.24) is 0 Å². The summed E-state index contributed by atoms with van der Waals surface area (Å²) in [5.41, 5.74) is 2.50. The molecule has 1 aliphatic heterocycles. The van der Waals surface area contributed by atoms with E-state index in [0.29, 0.717) is 28.5 Å². The van der Waals surface area contributed by atoms with E-state index in [9.17, 15) is 21.6 Å². The van der Waals surface area contributed by atoms with Crippen molar-refractivity contribution in [3.63, 3.8) is 0 Å². The molecule has 0 fully saturated rings. The molecule has 2 aromatic carbocycles. The molecular weight excluding hydrogens is 480 g/mol. The molecule has 162 valence electrons. The Bertz CT molecular complexity index is 1090. The molecule has 3 rings (SSSR count). The van der Waals surface area contributed by atoms with Gasteiger partial charge < -0.3 is 0 Å². The van der Waals surface area contributed by atoms with Gasteiger partial charge in [-0.05, 0) is 58.4 Å². The minimum absolute atomic E-state index is 0.00126. The second-order valence-corrected chi connectivity index (χ2v) is 10.7. The molecule has 0 amide bonds. The van der Waals surface area contributed by atoms with Gasteiger partial charge >= 0.3 is 6.18 Å². The zero-order valence-corrected chi connectivity index (χ0v) is 19.0. The first kappa shape index (κ1) is 23.5. The van der Waals surface area contributed by atoms with Crippen molar-refractivity contribution in [3.05, 3.63) is 74.1 Å². The number of rotatable bonds is 5. The Morgan fingerprint density at radius 1 is 1.13 bits per heavy atom. The van der Waals surface area contributed by atoms with Crippen molar-refractivity contribution in [2.75, 3.05) is 6.26 Å². The highest BCUT2D eigenvalue weighted by Crippen LogP contribution is 2.60. The van der Waals surface area contributed by atoms with E-state index >= 15 is 0 Å². The highest BCUT2D eigenvalue weighted by molar-refractivity contribution is 8.03. The van der Waals surface area contributed by atoms with Gasteiger partial charge in [-0.15, -0.1) is 11.8 Å². The van der Waals surface area contributed by atoms with Crippen LogP contribution < -0.4 is 0 Å². The summed E-state index contributed by atoms with van der Waals surface area (Å²) in [5, 5.41) is 1.78. The van der Waals surface area contributed by atoms with Crippen LogP contribution in [0.4, 0.5) is 13.2 Å². The number of benzene rings is 2. The van der Waals surface area contributed by atoms with E-state index < -0.39 is 21.0 Å². The largest absolute Gasteiger partial charge is 0.407 e. The van der Waals surface area contributed by atoms with Crippen LogP contribution in [0.25, 0.3) is 5.57 Å². The molecule has 0 saturated heterocycles. The van der Waals surface area contributed by atoms with Crippen LogP contribution in [-0.4, -0.2) is 20.8 Å². The number of halogens is 5. The first-order valence-electron chi connectivity index (χ1n) is 8.65. The summed E-state index contributed by atoms with van der Waals surface area (Å²) < 4.78 is 67.6. The lowest BCUT2D eigenvalue weighted by Gasteiger charge is -2.32. The summed E-state index contributed by atoms with van der Waals surface area (Å²) in [6.07, 6.45) is -3.87. The fraction of sp³-hybridized carbons (Fsp3) is 0.300. The molecule has 30 heavy (non-hydrogen) atoms. The van der Waals surface area contributed by atoms with Crippen LogP contribution in [-0.2, 0) is 25.7 Å². The predicted octanol–water partition coefficient (Wildman–Crippen LogP) is 6.71. The summed E-state index contributed by atoms with van der Waals surface area (Å²) in [4.78, 5) is 0. The quantitative estimate of drug-likeness (QED) is 0.431. The number of hydrogen-bond acceptors (Lipinski definition) is 4. The number of allylic oxidation sites excluding steroid dienone is 1. The maximum absolute atomic E-state index is 14.2. The summed E-state index contributed by atoms with van der Waals surface area (Å²) >= 11 is 12.6. The fourth-order valence-electron chi connectivity index (χ4n) is 3.21. The minimum atomic E-state index is -4.54. The van der Waals surface area contributed by atoms with Gasteiger partial charge in [0.05, 0.1) is 12.9 Å². The average molecular weight is 497 g/mol. The number of hydrogen-bond donors (Lipinski definition) is 0. The lowest BCUT2D eigenvalue weighted by Crippen LogP contribution is -2.37. The molecule has 0 spiro atoms. The van der Waals surface area contributed by atoms with Crippen molar-refractivity contribution in [2.24, 2.45) is 0 Å². The standard InChI is InChI=1S/C20H17Cl2F3O3S2/c1-12-5-13(3-4-14(12)10-28-30(2,26)27)15-9-19(29-11-15,20(23,24)25)16-6-17(21)8-18(22)7-16/h3-8,11H,9-10H2,1-2H3. The summed E-state index contributed by atoms with van der Waals surface area (Å²) in [5.74, 6) is 0. The lowest BCUT2D eigenvalue weighted by molar-refractivity contribution is -0.160. The molecule has 0 aromatic heterocycles. The van der Waals surface area contributed by atoms with E-state index in [1.54, 1.807) is 25.1 Å². The van der Waals surface area contributed by atoms with Crippen LogP contribution in [0.2, 0.25) is 10.0 Å². The van der Waals surface area contributed by atoms with Crippen molar-refractivity contribution in [3.8, 4) is 0 Å². The highest BCUT2D eigenvalue weighted by atomic mass is 35.5. The Hall–Kier alpha value is -1.19.